The molecule has 0 aromatic heterocycles. The molecule has 0 bridgehead atoms. The van der Waals surface area contributed by atoms with E-state index in [9.17, 15) is 9.47 Å². The van der Waals surface area contributed by atoms with Crippen LogP contribution in [0.1, 0.15) is 44.6 Å². The summed E-state index contributed by atoms with van der Waals surface area (Å²) in [5, 5.41) is 12.8. The van der Waals surface area contributed by atoms with Crippen LogP contribution >= 0.6 is 0 Å². The molecule has 0 radical (unpaired) electrons. The summed E-state index contributed by atoms with van der Waals surface area (Å²) in [7, 11) is 2.97. The van der Waals surface area contributed by atoms with Crippen LogP contribution in [0.4, 0.5) is 5.69 Å². The van der Waals surface area contributed by atoms with Gasteiger partial charge in [0.1, 0.15) is 0 Å². The van der Waals surface area contributed by atoms with Crippen LogP contribution in [0.3, 0.4) is 0 Å². The average molecular weight is 368 g/mol. The topological polar surface area (TPSA) is 56.1 Å². The second-order valence-electron chi connectivity index (χ2n) is 7.08. The number of anilines is 1. The number of nitrogens with zero attached hydrogens (tertiary/aromatic N) is 2. The van der Waals surface area contributed by atoms with Gasteiger partial charge in [0, 0.05) is 12.1 Å². The van der Waals surface area contributed by atoms with Crippen LogP contribution in [0.2, 0.25) is 0 Å². The predicted molar refractivity (Wildman–Crippen MR) is 107 cm³/mol. The molecule has 26 heavy (non-hydrogen) atoms. The molecule has 0 saturated heterocycles. The maximum Gasteiger partial charge on any atom is 0.0985 e. The van der Waals surface area contributed by atoms with Crippen molar-refractivity contribution in [2.75, 3.05) is 19.4 Å². The van der Waals surface area contributed by atoms with E-state index in [1.807, 2.05) is 18.2 Å². The van der Waals surface area contributed by atoms with E-state index in [0.29, 0.717) is 17.0 Å². The molecule has 1 aromatic carbocycles. The number of rotatable bonds is 4. The summed E-state index contributed by atoms with van der Waals surface area (Å²) in [5.41, 5.74) is 2.65. The number of hydrogen-bond donors (Lipinski definition) is 1. The van der Waals surface area contributed by atoms with Crippen LogP contribution in [-0.4, -0.2) is 35.3 Å². The molecule has 1 atom stereocenters. The van der Waals surface area contributed by atoms with E-state index >= 15 is 0 Å². The molecule has 2 aliphatic rings. The van der Waals surface area contributed by atoms with Crippen LogP contribution in [0.25, 0.3) is 5.57 Å². The van der Waals surface area contributed by atoms with Crippen LogP contribution in [0, 0.1) is 23.2 Å². The Morgan fingerprint density at radius 2 is 2.00 bits per heavy atom. The first-order valence-corrected chi connectivity index (χ1v) is 10.2. The summed E-state index contributed by atoms with van der Waals surface area (Å²) in [5.74, 6) is 5.81. The first-order chi connectivity index (χ1) is 12.6. The molecule has 5 heteroatoms. The van der Waals surface area contributed by atoms with Crippen LogP contribution in [0.5, 0.6) is 0 Å². The maximum atomic E-state index is 13.1. The van der Waals surface area contributed by atoms with Crippen molar-refractivity contribution in [3.8, 4) is 17.9 Å². The van der Waals surface area contributed by atoms with Crippen molar-refractivity contribution in [1.82, 2.24) is 4.90 Å². The fraction of sp³-hybridized carbons (Fsp3) is 0.476. The summed E-state index contributed by atoms with van der Waals surface area (Å²) in [4.78, 5) is 3.69. The first-order valence-electron chi connectivity index (χ1n) is 9.07. The Kier molecular flexibility index (Phi) is 5.81. The third kappa shape index (κ3) is 3.56. The highest BCUT2D eigenvalue weighted by Gasteiger charge is 2.31. The Balaban J connectivity index is 1.85. The number of benzene rings is 1. The normalized spacial score (nSPS) is 24.7. The number of hydrogen-bond acceptors (Lipinski definition) is 4. The van der Waals surface area contributed by atoms with E-state index in [4.69, 9.17) is 0 Å². The van der Waals surface area contributed by atoms with Crippen molar-refractivity contribution < 1.29 is 4.21 Å². The molecule has 1 saturated carbocycles. The van der Waals surface area contributed by atoms with Crippen molar-refractivity contribution in [2.45, 2.75) is 56.0 Å². The summed E-state index contributed by atoms with van der Waals surface area (Å²) in [6.07, 6.45) is 4.80. The minimum absolute atomic E-state index is 0.236. The minimum Gasteiger partial charge on any atom is -0.381 e. The van der Waals surface area contributed by atoms with Crippen LogP contribution < -0.4 is 5.32 Å². The van der Waals surface area contributed by atoms with Gasteiger partial charge in [-0.1, -0.05) is 18.1 Å². The lowest BCUT2D eigenvalue weighted by Crippen LogP contribution is -2.36. The lowest BCUT2D eigenvalue weighted by atomic mass is 9.90. The van der Waals surface area contributed by atoms with Gasteiger partial charge >= 0.3 is 0 Å². The van der Waals surface area contributed by atoms with E-state index in [1.54, 1.807) is 6.92 Å². The Labute approximate surface area is 158 Å². The third-order valence-corrected chi connectivity index (χ3v) is 6.80. The van der Waals surface area contributed by atoms with Crippen molar-refractivity contribution >= 4 is 22.1 Å². The van der Waals surface area contributed by atoms with E-state index in [1.165, 1.54) is 12.8 Å². The van der Waals surface area contributed by atoms with Gasteiger partial charge in [0.2, 0.25) is 0 Å². The highest BCUT2D eigenvalue weighted by Crippen LogP contribution is 2.42. The Morgan fingerprint density at radius 3 is 2.62 bits per heavy atom. The second-order valence-corrected chi connectivity index (χ2v) is 8.44. The molecule has 0 spiro atoms. The molecule has 1 aliphatic carbocycles. The lowest BCUT2D eigenvalue weighted by molar-refractivity contribution is 0.221. The highest BCUT2D eigenvalue weighted by molar-refractivity contribution is 7.90. The van der Waals surface area contributed by atoms with Gasteiger partial charge in [-0.3, -0.25) is 0 Å². The van der Waals surface area contributed by atoms with Gasteiger partial charge in [0.15, 0.2) is 0 Å². The number of nitrogens with one attached hydrogen (secondary N) is 1. The third-order valence-electron chi connectivity index (χ3n) is 5.27. The van der Waals surface area contributed by atoms with Gasteiger partial charge in [0.05, 0.1) is 38.8 Å². The van der Waals surface area contributed by atoms with Gasteiger partial charge < -0.3 is 10.2 Å². The van der Waals surface area contributed by atoms with Gasteiger partial charge in [-0.2, -0.15) is 5.26 Å². The number of nitriles is 1. The largest absolute Gasteiger partial charge is 0.381 e. The molecule has 1 aliphatic heterocycles. The molecule has 4 nitrogen and oxygen atoms in total. The lowest BCUT2D eigenvalue weighted by Gasteiger charge is -2.33. The molecular weight excluding hydrogens is 342 g/mol. The van der Waals surface area contributed by atoms with Gasteiger partial charge in [-0.25, -0.2) is 4.21 Å². The van der Waals surface area contributed by atoms with Gasteiger partial charge in [0.25, 0.3) is 0 Å². The smallest absolute Gasteiger partial charge is 0.0985 e. The van der Waals surface area contributed by atoms with Crippen molar-refractivity contribution in [3.05, 3.63) is 28.7 Å². The zero-order valence-electron chi connectivity index (χ0n) is 15.6. The Bertz CT molecular complexity index is 846. The minimum atomic E-state index is -1.31. The van der Waals surface area contributed by atoms with Crippen LogP contribution in [0.15, 0.2) is 28.0 Å². The predicted octanol–water partition coefficient (Wildman–Crippen LogP) is 3.74. The molecule has 0 amide bonds. The zero-order chi connectivity index (χ0) is 18.7. The van der Waals surface area contributed by atoms with Crippen molar-refractivity contribution in [3.63, 3.8) is 0 Å². The molecule has 1 fully saturated rings. The Morgan fingerprint density at radius 1 is 1.27 bits per heavy atom. The average Bonchev–Trinajstić information content (AvgIpc) is 2.90. The number of fused-ring (bicyclic) bond motifs is 1. The molecule has 1 aromatic rings. The molecular formula is C21H25N3OS. The summed E-state index contributed by atoms with van der Waals surface area (Å²) in [6, 6.07) is 9.17. The molecule has 1 N–H and O–H groups in total. The fourth-order valence-corrected chi connectivity index (χ4v) is 5.39. The monoisotopic (exact) mass is 367 g/mol. The van der Waals surface area contributed by atoms with Gasteiger partial charge in [-0.05, 0) is 63.9 Å². The number of allylic oxidation sites excluding steroid dienone is 2. The van der Waals surface area contributed by atoms with Crippen molar-refractivity contribution in [1.29, 1.82) is 5.26 Å². The van der Waals surface area contributed by atoms with Crippen molar-refractivity contribution in [2.24, 2.45) is 0 Å². The second kappa shape index (κ2) is 8.08. The maximum absolute atomic E-state index is 13.1. The molecule has 1 heterocycles. The standard InChI is InChI=1S/C21H25N3OS/c1-4-6-20-17(13-14-22)18-7-5-8-19(21(18)26(20)25)23-15-9-11-16(12-10-15)24(2)3/h5,7-8,15-16,23H,9-13H2,1-3H3. The van der Waals surface area contributed by atoms with E-state index < -0.39 is 10.8 Å². The summed E-state index contributed by atoms with van der Waals surface area (Å²) < 4.78 is 13.1. The fourth-order valence-electron chi connectivity index (χ4n) is 3.87. The zero-order valence-corrected chi connectivity index (χ0v) is 16.4. The quantitative estimate of drug-likeness (QED) is 0.824. The van der Waals surface area contributed by atoms with Gasteiger partial charge in [-0.15, -0.1) is 5.92 Å². The Hall–Kier alpha value is -2.08. The highest BCUT2D eigenvalue weighted by atomic mass is 32.2. The molecule has 3 rings (SSSR count). The van der Waals surface area contributed by atoms with Crippen LogP contribution in [-0.2, 0) is 10.8 Å². The molecule has 136 valence electrons. The van der Waals surface area contributed by atoms with E-state index in [0.717, 1.165) is 34.6 Å². The van der Waals surface area contributed by atoms with E-state index in [2.05, 4.69) is 42.2 Å². The van der Waals surface area contributed by atoms with E-state index in [-0.39, 0.29) is 6.42 Å². The SMILES string of the molecule is CC#CC1=C(CC#N)c2cccc(NC3CCC(N(C)C)CC3)c2S1=O. The summed E-state index contributed by atoms with van der Waals surface area (Å²) in [6.45, 7) is 1.74. The summed E-state index contributed by atoms with van der Waals surface area (Å²) >= 11 is 0. The molecule has 1 unspecified atom stereocenters. The first kappa shape index (κ1) is 18.7.